The minimum Gasteiger partial charge on any atom is -0.461 e. The molecule has 4 fully saturated rings. The predicted molar refractivity (Wildman–Crippen MR) is 132 cm³/mol. The molecule has 192 valence electrons. The third-order valence-corrected chi connectivity index (χ3v) is 8.90. The van der Waals surface area contributed by atoms with Crippen LogP contribution in [0.5, 0.6) is 0 Å². The Kier molecular flexibility index (Phi) is 9.58. The minimum absolute atomic E-state index is 0.150. The largest absolute Gasteiger partial charge is 0.461 e. The fourth-order valence-electron chi connectivity index (χ4n) is 6.20. The van der Waals surface area contributed by atoms with Gasteiger partial charge < -0.3 is 15.4 Å². The van der Waals surface area contributed by atoms with E-state index in [2.05, 4.69) is 10.6 Å². The van der Waals surface area contributed by atoms with Gasteiger partial charge in [-0.25, -0.2) is 0 Å². The van der Waals surface area contributed by atoms with E-state index in [1.165, 1.54) is 25.7 Å². The SMILES string of the molecule is CC(OC(=O)CCC(NC1CCC1)C(=O)C1CCCC1)C(NC1CCCC1)C(=O)CC1CCC1. The molecule has 0 saturated heterocycles. The molecular formula is C28H46N2O4. The van der Waals surface area contributed by atoms with Crippen LogP contribution in [0.3, 0.4) is 0 Å². The van der Waals surface area contributed by atoms with Crippen LogP contribution in [-0.4, -0.2) is 47.8 Å². The second kappa shape index (κ2) is 12.6. The Morgan fingerprint density at radius 1 is 0.794 bits per heavy atom. The first kappa shape index (κ1) is 25.8. The van der Waals surface area contributed by atoms with Gasteiger partial charge in [-0.05, 0) is 57.8 Å². The lowest BCUT2D eigenvalue weighted by Gasteiger charge is -2.32. The van der Waals surface area contributed by atoms with E-state index in [0.29, 0.717) is 36.6 Å². The predicted octanol–water partition coefficient (Wildman–Crippen LogP) is 4.63. The van der Waals surface area contributed by atoms with E-state index in [-0.39, 0.29) is 30.1 Å². The van der Waals surface area contributed by atoms with Gasteiger partial charge in [0.25, 0.3) is 0 Å². The van der Waals surface area contributed by atoms with E-state index >= 15 is 0 Å². The summed E-state index contributed by atoms with van der Waals surface area (Å²) in [5.41, 5.74) is 0. The Morgan fingerprint density at radius 2 is 1.38 bits per heavy atom. The molecular weight excluding hydrogens is 428 g/mol. The third kappa shape index (κ3) is 7.13. The molecule has 0 aromatic rings. The van der Waals surface area contributed by atoms with Crippen molar-refractivity contribution in [1.82, 2.24) is 10.6 Å². The lowest BCUT2D eigenvalue weighted by atomic mass is 9.80. The highest BCUT2D eigenvalue weighted by atomic mass is 16.5. The van der Waals surface area contributed by atoms with Crippen molar-refractivity contribution in [3.05, 3.63) is 0 Å². The van der Waals surface area contributed by atoms with Crippen LogP contribution < -0.4 is 10.6 Å². The number of carbonyl (C=O) groups excluding carboxylic acids is 3. The molecule has 6 nitrogen and oxygen atoms in total. The Labute approximate surface area is 205 Å². The molecule has 4 rings (SSSR count). The summed E-state index contributed by atoms with van der Waals surface area (Å²) in [6, 6.07) is 0.0894. The Bertz CT molecular complexity index is 691. The maximum atomic E-state index is 13.1. The molecule has 3 atom stereocenters. The third-order valence-electron chi connectivity index (χ3n) is 8.90. The van der Waals surface area contributed by atoms with Crippen LogP contribution in [0, 0.1) is 11.8 Å². The Hall–Kier alpha value is -1.27. The normalized spacial score (nSPS) is 24.9. The average molecular weight is 475 g/mol. The van der Waals surface area contributed by atoms with Crippen molar-refractivity contribution < 1.29 is 19.1 Å². The lowest BCUT2D eigenvalue weighted by Crippen LogP contribution is -2.51. The van der Waals surface area contributed by atoms with Crippen LogP contribution in [0.15, 0.2) is 0 Å². The van der Waals surface area contributed by atoms with Crippen LogP contribution >= 0.6 is 0 Å². The number of carbonyl (C=O) groups is 3. The number of esters is 1. The number of ether oxygens (including phenoxy) is 1. The summed E-state index contributed by atoms with van der Waals surface area (Å²) in [5, 5.41) is 7.08. The van der Waals surface area contributed by atoms with Gasteiger partial charge in [0.15, 0.2) is 11.6 Å². The molecule has 0 spiro atoms. The van der Waals surface area contributed by atoms with Crippen molar-refractivity contribution in [2.75, 3.05) is 0 Å². The van der Waals surface area contributed by atoms with Crippen LogP contribution in [0.4, 0.5) is 0 Å². The van der Waals surface area contributed by atoms with Gasteiger partial charge in [0.05, 0.1) is 6.04 Å². The molecule has 0 bridgehead atoms. The van der Waals surface area contributed by atoms with Gasteiger partial charge >= 0.3 is 5.97 Å². The second-order valence-electron chi connectivity index (χ2n) is 11.6. The molecule has 0 radical (unpaired) electrons. The number of hydrogen-bond acceptors (Lipinski definition) is 6. The molecule has 0 aliphatic heterocycles. The van der Waals surface area contributed by atoms with Crippen LogP contribution in [0.2, 0.25) is 0 Å². The Morgan fingerprint density at radius 3 is 1.97 bits per heavy atom. The number of hydrogen-bond donors (Lipinski definition) is 2. The van der Waals surface area contributed by atoms with Crippen molar-refractivity contribution >= 4 is 17.5 Å². The summed E-state index contributed by atoms with van der Waals surface area (Å²) in [6.45, 7) is 1.86. The second-order valence-corrected chi connectivity index (χ2v) is 11.6. The van der Waals surface area contributed by atoms with Gasteiger partial charge in [-0.1, -0.05) is 51.4 Å². The van der Waals surface area contributed by atoms with E-state index in [9.17, 15) is 14.4 Å². The van der Waals surface area contributed by atoms with Crippen LogP contribution in [-0.2, 0) is 19.1 Å². The van der Waals surface area contributed by atoms with Gasteiger partial charge in [-0.15, -0.1) is 0 Å². The highest BCUT2D eigenvalue weighted by Gasteiger charge is 2.35. The van der Waals surface area contributed by atoms with Crippen molar-refractivity contribution in [1.29, 1.82) is 0 Å². The summed E-state index contributed by atoms with van der Waals surface area (Å²) in [6.07, 6.45) is 16.6. The summed E-state index contributed by atoms with van der Waals surface area (Å²) >= 11 is 0. The van der Waals surface area contributed by atoms with Gasteiger partial charge in [-0.3, -0.25) is 14.4 Å². The maximum absolute atomic E-state index is 13.1. The molecule has 4 aliphatic rings. The van der Waals surface area contributed by atoms with Gasteiger partial charge in [-0.2, -0.15) is 0 Å². The van der Waals surface area contributed by atoms with Crippen molar-refractivity contribution in [2.45, 2.75) is 146 Å². The zero-order valence-corrected chi connectivity index (χ0v) is 21.2. The van der Waals surface area contributed by atoms with Crippen molar-refractivity contribution in [3.8, 4) is 0 Å². The quantitative estimate of drug-likeness (QED) is 0.357. The maximum Gasteiger partial charge on any atom is 0.306 e. The topological polar surface area (TPSA) is 84.5 Å². The zero-order chi connectivity index (χ0) is 23.9. The van der Waals surface area contributed by atoms with Gasteiger partial charge in [0.2, 0.25) is 0 Å². The molecule has 4 saturated carbocycles. The smallest absolute Gasteiger partial charge is 0.306 e. The number of nitrogens with one attached hydrogen (secondary N) is 2. The number of ketones is 2. The molecule has 0 aromatic carbocycles. The molecule has 3 unspecified atom stereocenters. The standard InChI is InChI=1S/C28H46N2O4/c1-19(27(30-23-12-4-5-13-23)25(31)18-20-8-6-9-20)34-26(32)17-16-24(29-22-14-7-15-22)28(33)21-10-2-3-11-21/h19-24,27,29-30H,2-18H2,1H3. The first-order chi connectivity index (χ1) is 16.5. The van der Waals surface area contributed by atoms with E-state index < -0.39 is 12.1 Å². The fraction of sp³-hybridized carbons (Fsp3) is 0.893. The molecule has 0 aromatic heterocycles. The monoisotopic (exact) mass is 474 g/mol. The highest BCUT2D eigenvalue weighted by Crippen LogP contribution is 2.31. The molecule has 0 heterocycles. The number of rotatable bonds is 14. The van der Waals surface area contributed by atoms with E-state index in [1.54, 1.807) is 0 Å². The van der Waals surface area contributed by atoms with Gasteiger partial charge in [0.1, 0.15) is 12.1 Å². The number of Topliss-reactive ketones (excluding diaryl/α,β-unsaturated/α-hetero) is 2. The fourth-order valence-corrected chi connectivity index (χ4v) is 6.20. The molecule has 4 aliphatic carbocycles. The van der Waals surface area contributed by atoms with Gasteiger partial charge in [0, 0.05) is 30.8 Å². The summed E-state index contributed by atoms with van der Waals surface area (Å²) in [7, 11) is 0. The zero-order valence-electron chi connectivity index (χ0n) is 21.2. The molecule has 2 N–H and O–H groups in total. The van der Waals surface area contributed by atoms with Crippen LogP contribution in [0.1, 0.15) is 116 Å². The summed E-state index contributed by atoms with van der Waals surface area (Å²) < 4.78 is 5.82. The van der Waals surface area contributed by atoms with E-state index in [1.807, 2.05) is 6.92 Å². The molecule has 0 amide bonds. The van der Waals surface area contributed by atoms with Crippen LogP contribution in [0.25, 0.3) is 0 Å². The summed E-state index contributed by atoms with van der Waals surface area (Å²) in [5.74, 6) is 0.848. The molecule has 6 heteroatoms. The Balaban J connectivity index is 1.29. The van der Waals surface area contributed by atoms with Crippen molar-refractivity contribution in [3.63, 3.8) is 0 Å². The highest BCUT2D eigenvalue weighted by molar-refractivity contribution is 5.87. The lowest BCUT2D eigenvalue weighted by molar-refractivity contribution is -0.151. The van der Waals surface area contributed by atoms with E-state index in [4.69, 9.17) is 4.74 Å². The average Bonchev–Trinajstić information content (AvgIpc) is 3.47. The van der Waals surface area contributed by atoms with E-state index in [0.717, 1.165) is 64.2 Å². The first-order valence-corrected chi connectivity index (χ1v) is 14.3. The first-order valence-electron chi connectivity index (χ1n) is 14.3. The van der Waals surface area contributed by atoms with Crippen molar-refractivity contribution in [2.24, 2.45) is 11.8 Å². The summed E-state index contributed by atoms with van der Waals surface area (Å²) in [4.78, 5) is 39.1. The molecule has 34 heavy (non-hydrogen) atoms. The minimum atomic E-state index is -0.482.